The molecule has 4 heterocycles. The molecule has 3 aromatic rings. The van der Waals surface area contributed by atoms with Crippen molar-refractivity contribution >= 4 is 11.5 Å². The number of methoxy groups -OCH3 is 1. The van der Waals surface area contributed by atoms with Gasteiger partial charge in [0.15, 0.2) is 5.65 Å². The summed E-state index contributed by atoms with van der Waals surface area (Å²) in [6.45, 7) is 2.97. The number of ether oxygens (including phenoxy) is 1. The third-order valence-electron chi connectivity index (χ3n) is 5.37. The Kier molecular flexibility index (Phi) is 4.16. The van der Waals surface area contributed by atoms with Crippen LogP contribution in [-0.2, 0) is 0 Å². The maximum atomic E-state index is 14.0. The molecule has 8 heteroatoms. The molecule has 3 aromatic heterocycles. The van der Waals surface area contributed by atoms with E-state index in [2.05, 4.69) is 15.6 Å². The van der Waals surface area contributed by atoms with Crippen molar-refractivity contribution in [2.75, 3.05) is 25.5 Å². The van der Waals surface area contributed by atoms with Crippen molar-refractivity contribution in [1.82, 2.24) is 24.9 Å². The van der Waals surface area contributed by atoms with Gasteiger partial charge in [-0.15, -0.1) is 0 Å². The lowest BCUT2D eigenvalue weighted by Gasteiger charge is -2.16. The minimum atomic E-state index is -0.920. The fourth-order valence-corrected chi connectivity index (χ4v) is 3.74. The number of aryl methyl sites for hydroxylation is 1. The SMILES string of the molecule is COc1cc2ncc(-c3cc(C)cc(N[C@H]4CNC[C@@H]4F)n3)n2nc1C1CC1. The molecular formula is C20H23FN6O. The molecule has 1 aliphatic heterocycles. The van der Waals surface area contributed by atoms with Crippen molar-refractivity contribution in [3.05, 3.63) is 35.7 Å². The smallest absolute Gasteiger partial charge is 0.157 e. The Hall–Kier alpha value is -2.74. The second kappa shape index (κ2) is 6.70. The molecule has 0 unspecified atom stereocenters. The molecule has 1 aliphatic carbocycles. The van der Waals surface area contributed by atoms with Gasteiger partial charge in [-0.3, -0.25) is 0 Å². The van der Waals surface area contributed by atoms with E-state index >= 15 is 0 Å². The van der Waals surface area contributed by atoms with Crippen molar-refractivity contribution in [2.24, 2.45) is 0 Å². The van der Waals surface area contributed by atoms with Crippen LogP contribution in [0.5, 0.6) is 5.75 Å². The van der Waals surface area contributed by atoms with Crippen molar-refractivity contribution in [1.29, 1.82) is 0 Å². The second-order valence-corrected chi connectivity index (χ2v) is 7.63. The third-order valence-corrected chi connectivity index (χ3v) is 5.37. The van der Waals surface area contributed by atoms with E-state index < -0.39 is 6.17 Å². The van der Waals surface area contributed by atoms with Gasteiger partial charge >= 0.3 is 0 Å². The Balaban J connectivity index is 1.55. The maximum Gasteiger partial charge on any atom is 0.157 e. The molecule has 1 saturated heterocycles. The van der Waals surface area contributed by atoms with E-state index in [4.69, 9.17) is 14.8 Å². The fourth-order valence-electron chi connectivity index (χ4n) is 3.74. The number of aromatic nitrogens is 4. The Bertz CT molecular complexity index is 1030. The topological polar surface area (TPSA) is 76.4 Å². The van der Waals surface area contributed by atoms with E-state index in [1.54, 1.807) is 13.3 Å². The summed E-state index contributed by atoms with van der Waals surface area (Å²) in [7, 11) is 1.67. The molecular weight excluding hydrogens is 359 g/mol. The summed E-state index contributed by atoms with van der Waals surface area (Å²) in [5.74, 6) is 1.90. The van der Waals surface area contributed by atoms with Gasteiger partial charge in [-0.2, -0.15) is 5.10 Å². The first kappa shape index (κ1) is 17.4. The fraction of sp³-hybridized carbons (Fsp3) is 0.450. The molecule has 2 N–H and O–H groups in total. The normalized spacial score (nSPS) is 22.0. The van der Waals surface area contributed by atoms with E-state index in [0.29, 0.717) is 24.8 Å². The van der Waals surface area contributed by atoms with Gasteiger partial charge in [0.25, 0.3) is 0 Å². The largest absolute Gasteiger partial charge is 0.495 e. The number of imidazole rings is 1. The highest BCUT2D eigenvalue weighted by atomic mass is 19.1. The maximum absolute atomic E-state index is 14.0. The number of nitrogens with one attached hydrogen (secondary N) is 2. The highest BCUT2D eigenvalue weighted by Gasteiger charge is 2.30. The van der Waals surface area contributed by atoms with Gasteiger partial charge in [0.05, 0.1) is 25.0 Å². The van der Waals surface area contributed by atoms with Crippen LogP contribution in [0.1, 0.15) is 30.0 Å². The molecule has 0 aromatic carbocycles. The highest BCUT2D eigenvalue weighted by Crippen LogP contribution is 2.43. The summed E-state index contributed by atoms with van der Waals surface area (Å²) in [4.78, 5) is 9.21. The molecule has 0 spiro atoms. The number of hydrogen-bond acceptors (Lipinski definition) is 6. The minimum absolute atomic E-state index is 0.270. The van der Waals surface area contributed by atoms with Gasteiger partial charge < -0.3 is 15.4 Å². The zero-order valence-electron chi connectivity index (χ0n) is 15.9. The first-order valence-corrected chi connectivity index (χ1v) is 9.65. The van der Waals surface area contributed by atoms with Gasteiger partial charge in [-0.05, 0) is 37.5 Å². The number of anilines is 1. The predicted molar refractivity (Wildman–Crippen MR) is 105 cm³/mol. The van der Waals surface area contributed by atoms with Gasteiger partial charge in [-0.1, -0.05) is 0 Å². The molecule has 5 rings (SSSR count). The number of rotatable bonds is 5. The van der Waals surface area contributed by atoms with Crippen LogP contribution in [0.15, 0.2) is 24.4 Å². The summed E-state index contributed by atoms with van der Waals surface area (Å²) in [6, 6.07) is 5.59. The zero-order valence-corrected chi connectivity index (χ0v) is 15.9. The first-order chi connectivity index (χ1) is 13.6. The monoisotopic (exact) mass is 382 g/mol. The highest BCUT2D eigenvalue weighted by molar-refractivity contribution is 5.63. The average Bonchev–Trinajstić information content (AvgIpc) is 3.33. The van der Waals surface area contributed by atoms with Gasteiger partial charge in [-0.25, -0.2) is 18.9 Å². The lowest BCUT2D eigenvalue weighted by Crippen LogP contribution is -2.29. The van der Waals surface area contributed by atoms with Crippen molar-refractivity contribution < 1.29 is 9.13 Å². The van der Waals surface area contributed by atoms with E-state index in [-0.39, 0.29) is 6.04 Å². The van der Waals surface area contributed by atoms with Crippen molar-refractivity contribution in [2.45, 2.75) is 37.9 Å². The summed E-state index contributed by atoms with van der Waals surface area (Å²) < 4.78 is 21.3. The lowest BCUT2D eigenvalue weighted by molar-refractivity contribution is 0.342. The standard InChI is InChI=1S/C20H23FN6O/c1-11-5-14(24-18(6-11)25-15-9-22-8-13(15)21)16-10-23-19-7-17(28-2)20(12-3-4-12)26-27(16)19/h5-7,10,12-13,15,22H,3-4,8-9H2,1-2H3,(H,24,25)/t13-,15-/m0/s1. The van der Waals surface area contributed by atoms with Crippen LogP contribution < -0.4 is 15.4 Å². The second-order valence-electron chi connectivity index (χ2n) is 7.63. The van der Waals surface area contributed by atoms with Crippen LogP contribution in [0.4, 0.5) is 10.2 Å². The quantitative estimate of drug-likeness (QED) is 0.707. The Labute approximate surface area is 162 Å². The summed E-state index contributed by atoms with van der Waals surface area (Å²) in [5, 5.41) is 11.1. The van der Waals surface area contributed by atoms with Crippen LogP contribution in [0.25, 0.3) is 17.0 Å². The predicted octanol–water partition coefficient (Wildman–Crippen LogP) is 2.71. The Morgan fingerprint density at radius 1 is 1.25 bits per heavy atom. The van der Waals surface area contributed by atoms with E-state index in [0.717, 1.165) is 46.9 Å². The van der Waals surface area contributed by atoms with Crippen LogP contribution >= 0.6 is 0 Å². The molecule has 146 valence electrons. The molecule has 0 bridgehead atoms. The molecule has 2 fully saturated rings. The Morgan fingerprint density at radius 3 is 2.82 bits per heavy atom. The third kappa shape index (κ3) is 3.07. The van der Waals surface area contributed by atoms with Gasteiger partial charge in [0.2, 0.25) is 0 Å². The van der Waals surface area contributed by atoms with Crippen molar-refractivity contribution in [3.8, 4) is 17.1 Å². The Morgan fingerprint density at radius 2 is 2.11 bits per heavy atom. The van der Waals surface area contributed by atoms with E-state index in [9.17, 15) is 4.39 Å². The molecule has 2 atom stereocenters. The average molecular weight is 382 g/mol. The summed E-state index contributed by atoms with van der Waals surface area (Å²) >= 11 is 0. The molecule has 0 radical (unpaired) electrons. The minimum Gasteiger partial charge on any atom is -0.495 e. The summed E-state index contributed by atoms with van der Waals surface area (Å²) in [6.07, 6.45) is 3.13. The number of halogens is 1. The van der Waals surface area contributed by atoms with Gasteiger partial charge in [0.1, 0.15) is 29.1 Å². The summed E-state index contributed by atoms with van der Waals surface area (Å²) in [5.41, 5.74) is 4.30. The van der Waals surface area contributed by atoms with Crippen LogP contribution in [0.3, 0.4) is 0 Å². The first-order valence-electron chi connectivity index (χ1n) is 9.65. The number of pyridine rings is 1. The number of hydrogen-bond donors (Lipinski definition) is 2. The molecule has 0 amide bonds. The molecule has 7 nitrogen and oxygen atoms in total. The van der Waals surface area contributed by atoms with Gasteiger partial charge in [0, 0.05) is 25.1 Å². The van der Waals surface area contributed by atoms with E-state index in [1.165, 1.54) is 0 Å². The lowest BCUT2D eigenvalue weighted by atomic mass is 10.2. The molecule has 2 aliphatic rings. The molecule has 1 saturated carbocycles. The van der Waals surface area contributed by atoms with E-state index in [1.807, 2.05) is 29.6 Å². The van der Waals surface area contributed by atoms with Crippen LogP contribution in [0.2, 0.25) is 0 Å². The number of alkyl halides is 1. The van der Waals surface area contributed by atoms with Crippen molar-refractivity contribution in [3.63, 3.8) is 0 Å². The number of nitrogens with zero attached hydrogens (tertiary/aromatic N) is 4. The van der Waals surface area contributed by atoms with Crippen LogP contribution in [0, 0.1) is 6.92 Å². The van der Waals surface area contributed by atoms with Crippen LogP contribution in [-0.4, -0.2) is 52.0 Å². The molecule has 28 heavy (non-hydrogen) atoms. The number of fused-ring (bicyclic) bond motifs is 1. The zero-order chi connectivity index (χ0) is 19.3.